The van der Waals surface area contributed by atoms with Crippen molar-refractivity contribution in [3.05, 3.63) is 29.8 Å². The van der Waals surface area contributed by atoms with Crippen molar-refractivity contribution in [3.8, 4) is 0 Å². The van der Waals surface area contributed by atoms with Crippen molar-refractivity contribution in [2.45, 2.75) is 68.3 Å². The zero-order valence-electron chi connectivity index (χ0n) is 17.3. The molecule has 0 aromatic heterocycles. The van der Waals surface area contributed by atoms with Gasteiger partial charge in [-0.1, -0.05) is 0 Å². The van der Waals surface area contributed by atoms with Crippen LogP contribution in [0.3, 0.4) is 0 Å². The first-order valence-electron chi connectivity index (χ1n) is 10.1. The number of hydrogen-bond acceptors (Lipinski definition) is 12. The van der Waals surface area contributed by atoms with Gasteiger partial charge in [-0.2, -0.15) is 0 Å². The third kappa shape index (κ3) is 5.10. The molecule has 10 atom stereocenters. The smallest absolute Gasteiger partial charge is 0.187 e. The highest BCUT2D eigenvalue weighted by molar-refractivity contribution is 5.94. The number of benzene rings is 1. The van der Waals surface area contributed by atoms with Crippen LogP contribution < -0.4 is 5.32 Å². The van der Waals surface area contributed by atoms with Crippen LogP contribution in [-0.4, -0.2) is 116 Å². The van der Waals surface area contributed by atoms with Crippen LogP contribution in [0.4, 0.5) is 5.69 Å². The summed E-state index contributed by atoms with van der Waals surface area (Å²) in [5.41, 5.74) is 0.971. The molecule has 0 radical (unpaired) electrons. The van der Waals surface area contributed by atoms with E-state index in [4.69, 9.17) is 14.2 Å². The number of carbonyl (C=O) groups is 1. The van der Waals surface area contributed by atoms with Crippen LogP contribution in [0, 0.1) is 0 Å². The average Bonchev–Trinajstić information content (AvgIpc) is 2.79. The third-order valence-electron chi connectivity index (χ3n) is 5.60. The van der Waals surface area contributed by atoms with Gasteiger partial charge >= 0.3 is 0 Å². The van der Waals surface area contributed by atoms with E-state index in [1.807, 2.05) is 0 Å². The lowest BCUT2D eigenvalue weighted by Gasteiger charge is -2.46. The molecule has 12 heteroatoms. The zero-order valence-corrected chi connectivity index (χ0v) is 17.3. The topological polar surface area (TPSA) is 198 Å². The molecule has 0 aliphatic carbocycles. The number of hydrogen-bond donors (Lipinski definition) is 8. The summed E-state index contributed by atoms with van der Waals surface area (Å²) >= 11 is 0. The van der Waals surface area contributed by atoms with Crippen LogP contribution in [0.25, 0.3) is 0 Å². The molecule has 2 heterocycles. The van der Waals surface area contributed by atoms with E-state index in [2.05, 4.69) is 5.32 Å². The van der Waals surface area contributed by atoms with E-state index in [1.54, 1.807) is 24.3 Å². The maximum absolute atomic E-state index is 11.4. The molecule has 0 bridgehead atoms. The molecule has 2 aliphatic heterocycles. The normalized spacial score (nSPS) is 40.1. The summed E-state index contributed by atoms with van der Waals surface area (Å²) in [6.45, 7) is 0.122. The van der Waals surface area contributed by atoms with E-state index >= 15 is 0 Å². The Morgan fingerprint density at radius 1 is 0.875 bits per heavy atom. The van der Waals surface area contributed by atoms with Crippen LogP contribution in [-0.2, 0) is 14.2 Å². The second kappa shape index (κ2) is 10.5. The van der Waals surface area contributed by atoms with E-state index in [-0.39, 0.29) is 5.78 Å². The fourth-order valence-corrected chi connectivity index (χ4v) is 3.67. The number of carbonyl (C=O) groups excluding carboxylic acids is 1. The highest BCUT2D eigenvalue weighted by atomic mass is 16.7. The van der Waals surface area contributed by atoms with Gasteiger partial charge in [0.15, 0.2) is 18.3 Å². The number of ketones is 1. The maximum atomic E-state index is 11.4. The maximum Gasteiger partial charge on any atom is 0.187 e. The molecule has 0 saturated carbocycles. The standard InChI is InChI=1S/C20H29NO11/c1-8(24)9-2-4-10(5-3-9)21-19-16(28)15(27)18(12(7-23)30-19)32-20-17(29)14(26)13(25)11(6-22)31-20/h2-5,11-23,25-29H,6-7H2,1H3. The first-order chi connectivity index (χ1) is 15.2. The number of aliphatic hydroxyl groups is 7. The van der Waals surface area contributed by atoms with Crippen LogP contribution >= 0.6 is 0 Å². The Balaban J connectivity index is 1.70. The number of aliphatic hydroxyl groups excluding tert-OH is 7. The lowest BCUT2D eigenvalue weighted by Crippen LogP contribution is -2.65. The molecule has 2 fully saturated rings. The van der Waals surface area contributed by atoms with Crippen molar-refractivity contribution in [1.82, 2.24) is 0 Å². The molecule has 1 aromatic carbocycles. The SMILES string of the molecule is CC(=O)c1ccc(NC2OC(CO)C(OC3OC(CO)C(O)C(O)C3O)C(O)C2O)cc1. The molecule has 2 aliphatic rings. The number of Topliss-reactive ketones (excluding diaryl/α,β-unsaturated/α-hetero) is 1. The Bertz CT molecular complexity index is 758. The lowest BCUT2D eigenvalue weighted by molar-refractivity contribution is -0.340. The van der Waals surface area contributed by atoms with E-state index in [1.165, 1.54) is 6.92 Å². The molecular formula is C20H29NO11. The first kappa shape index (κ1) is 24.9. The quantitative estimate of drug-likeness (QED) is 0.192. The summed E-state index contributed by atoms with van der Waals surface area (Å²) in [5, 5.41) is 72.9. The summed E-state index contributed by atoms with van der Waals surface area (Å²) in [4.78, 5) is 11.4. The fourth-order valence-electron chi connectivity index (χ4n) is 3.67. The minimum atomic E-state index is -1.73. The van der Waals surface area contributed by atoms with Crippen molar-refractivity contribution in [3.63, 3.8) is 0 Å². The van der Waals surface area contributed by atoms with Crippen molar-refractivity contribution in [1.29, 1.82) is 0 Å². The Kier molecular flexibility index (Phi) is 8.16. The average molecular weight is 459 g/mol. The predicted molar refractivity (Wildman–Crippen MR) is 106 cm³/mol. The highest BCUT2D eigenvalue weighted by Crippen LogP contribution is 2.29. The molecule has 180 valence electrons. The Labute approximate surface area is 183 Å². The minimum Gasteiger partial charge on any atom is -0.394 e. The van der Waals surface area contributed by atoms with Crippen molar-refractivity contribution in [2.24, 2.45) is 0 Å². The van der Waals surface area contributed by atoms with Crippen molar-refractivity contribution < 1.29 is 54.8 Å². The van der Waals surface area contributed by atoms with Gasteiger partial charge in [-0.25, -0.2) is 0 Å². The Morgan fingerprint density at radius 3 is 2.06 bits per heavy atom. The largest absolute Gasteiger partial charge is 0.394 e. The van der Waals surface area contributed by atoms with Gasteiger partial charge in [-0.05, 0) is 31.2 Å². The monoisotopic (exact) mass is 459 g/mol. The molecule has 2 saturated heterocycles. The molecule has 10 unspecified atom stereocenters. The Morgan fingerprint density at radius 2 is 1.50 bits per heavy atom. The number of anilines is 1. The molecule has 0 spiro atoms. The molecule has 8 N–H and O–H groups in total. The number of ether oxygens (including phenoxy) is 3. The van der Waals surface area contributed by atoms with Gasteiger partial charge < -0.3 is 55.3 Å². The summed E-state index contributed by atoms with van der Waals surface area (Å²) < 4.78 is 16.4. The fraction of sp³-hybridized carbons (Fsp3) is 0.650. The Hall–Kier alpha value is -1.71. The van der Waals surface area contributed by atoms with Crippen molar-refractivity contribution >= 4 is 11.5 Å². The minimum absolute atomic E-state index is 0.116. The van der Waals surface area contributed by atoms with Gasteiger partial charge in [0.1, 0.15) is 48.8 Å². The van der Waals surface area contributed by atoms with Gasteiger partial charge in [0, 0.05) is 11.3 Å². The van der Waals surface area contributed by atoms with Gasteiger partial charge in [0.25, 0.3) is 0 Å². The van der Waals surface area contributed by atoms with Crippen LogP contribution in [0.15, 0.2) is 24.3 Å². The summed E-state index contributed by atoms with van der Waals surface area (Å²) in [7, 11) is 0. The summed E-state index contributed by atoms with van der Waals surface area (Å²) in [6, 6.07) is 6.32. The van der Waals surface area contributed by atoms with Gasteiger partial charge in [-0.3, -0.25) is 4.79 Å². The van der Waals surface area contributed by atoms with Gasteiger partial charge in [0.2, 0.25) is 0 Å². The van der Waals surface area contributed by atoms with E-state index in [9.17, 15) is 40.5 Å². The van der Waals surface area contributed by atoms with E-state index in [0.29, 0.717) is 11.3 Å². The third-order valence-corrected chi connectivity index (χ3v) is 5.60. The summed E-state index contributed by atoms with van der Waals surface area (Å²) in [5.74, 6) is -0.116. The molecule has 12 nitrogen and oxygen atoms in total. The first-order valence-corrected chi connectivity index (χ1v) is 10.1. The number of rotatable bonds is 7. The second-order valence-electron chi connectivity index (χ2n) is 7.83. The predicted octanol–water partition coefficient (Wildman–Crippen LogP) is -3.07. The molecular weight excluding hydrogens is 430 g/mol. The van der Waals surface area contributed by atoms with Crippen molar-refractivity contribution in [2.75, 3.05) is 18.5 Å². The zero-order chi connectivity index (χ0) is 23.6. The van der Waals surface area contributed by atoms with E-state index < -0.39 is 74.6 Å². The van der Waals surface area contributed by atoms with E-state index in [0.717, 1.165) is 0 Å². The lowest BCUT2D eigenvalue weighted by atomic mass is 9.96. The molecule has 1 aromatic rings. The highest BCUT2D eigenvalue weighted by Gasteiger charge is 2.50. The van der Waals surface area contributed by atoms with Crippen LogP contribution in [0.2, 0.25) is 0 Å². The van der Waals surface area contributed by atoms with Gasteiger partial charge in [0.05, 0.1) is 13.2 Å². The van der Waals surface area contributed by atoms with Gasteiger partial charge in [-0.15, -0.1) is 0 Å². The molecule has 32 heavy (non-hydrogen) atoms. The molecule has 0 amide bonds. The second-order valence-corrected chi connectivity index (χ2v) is 7.83. The molecule has 3 rings (SSSR count). The summed E-state index contributed by atoms with van der Waals surface area (Å²) in [6.07, 6.45) is -14.7. The van der Waals surface area contributed by atoms with Crippen LogP contribution in [0.5, 0.6) is 0 Å². The van der Waals surface area contributed by atoms with Crippen LogP contribution in [0.1, 0.15) is 17.3 Å². The number of nitrogens with one attached hydrogen (secondary N) is 1.